The van der Waals surface area contributed by atoms with E-state index < -0.39 is 0 Å². The van der Waals surface area contributed by atoms with Crippen LogP contribution in [-0.2, 0) is 11.3 Å². The van der Waals surface area contributed by atoms with E-state index in [9.17, 15) is 9.18 Å². The Morgan fingerprint density at radius 3 is 2.71 bits per heavy atom. The zero-order valence-corrected chi connectivity index (χ0v) is 12.8. The molecule has 1 amide bonds. The monoisotopic (exact) mass is 312 g/mol. The number of amides is 1. The summed E-state index contributed by atoms with van der Waals surface area (Å²) in [6, 6.07) is 6.66. The molecule has 0 saturated heterocycles. The van der Waals surface area contributed by atoms with Crippen molar-refractivity contribution in [2.24, 2.45) is 11.7 Å². The van der Waals surface area contributed by atoms with Crippen LogP contribution in [0.25, 0.3) is 0 Å². The van der Waals surface area contributed by atoms with Crippen LogP contribution in [0.3, 0.4) is 0 Å². The maximum atomic E-state index is 13.7. The van der Waals surface area contributed by atoms with Gasteiger partial charge >= 0.3 is 0 Å². The molecule has 0 aliphatic heterocycles. The molecule has 1 fully saturated rings. The summed E-state index contributed by atoms with van der Waals surface area (Å²) in [4.78, 5) is 14.2. The molecule has 1 aliphatic carbocycles. The van der Waals surface area contributed by atoms with Gasteiger partial charge in [0, 0.05) is 30.6 Å². The van der Waals surface area contributed by atoms with Gasteiger partial charge in [-0.3, -0.25) is 4.79 Å². The molecule has 1 aromatic carbocycles. The normalized spacial score (nSPS) is 20.7. The predicted molar refractivity (Wildman–Crippen MR) is 84.6 cm³/mol. The quantitative estimate of drug-likeness (QED) is 0.850. The van der Waals surface area contributed by atoms with Crippen molar-refractivity contribution in [3.05, 3.63) is 48.3 Å². The Labute approximate surface area is 131 Å². The van der Waals surface area contributed by atoms with Gasteiger partial charge in [-0.1, -0.05) is 24.3 Å². The van der Waals surface area contributed by atoms with Gasteiger partial charge in [-0.15, -0.1) is 19.0 Å². The summed E-state index contributed by atoms with van der Waals surface area (Å²) in [6.07, 6.45) is 4.11. The molecular formula is C16H22ClFN2O. The molecule has 0 radical (unpaired) electrons. The van der Waals surface area contributed by atoms with Crippen LogP contribution in [0, 0.1) is 11.7 Å². The number of nitrogens with zero attached hydrogens (tertiary/aromatic N) is 1. The van der Waals surface area contributed by atoms with Crippen molar-refractivity contribution >= 4 is 18.3 Å². The van der Waals surface area contributed by atoms with Crippen LogP contribution < -0.4 is 5.73 Å². The Bertz CT molecular complexity index is 495. The lowest BCUT2D eigenvalue weighted by Crippen LogP contribution is -2.35. The van der Waals surface area contributed by atoms with Crippen molar-refractivity contribution in [2.75, 3.05) is 6.54 Å². The number of carbonyl (C=O) groups is 1. The summed E-state index contributed by atoms with van der Waals surface area (Å²) in [7, 11) is 0. The van der Waals surface area contributed by atoms with Gasteiger partial charge in [-0.2, -0.15) is 0 Å². The Morgan fingerprint density at radius 2 is 2.14 bits per heavy atom. The largest absolute Gasteiger partial charge is 0.334 e. The van der Waals surface area contributed by atoms with Crippen molar-refractivity contribution in [2.45, 2.75) is 31.8 Å². The van der Waals surface area contributed by atoms with Gasteiger partial charge in [0.25, 0.3) is 0 Å². The molecule has 0 bridgehead atoms. The Kier molecular flexibility index (Phi) is 6.85. The molecule has 0 heterocycles. The summed E-state index contributed by atoms with van der Waals surface area (Å²) in [5, 5.41) is 0. The van der Waals surface area contributed by atoms with Gasteiger partial charge in [0.1, 0.15) is 5.82 Å². The topological polar surface area (TPSA) is 46.3 Å². The highest BCUT2D eigenvalue weighted by Gasteiger charge is 2.30. The molecule has 2 unspecified atom stereocenters. The summed E-state index contributed by atoms with van der Waals surface area (Å²) in [6.45, 7) is 4.39. The first-order chi connectivity index (χ1) is 9.61. The van der Waals surface area contributed by atoms with Crippen LogP contribution in [0.4, 0.5) is 4.39 Å². The van der Waals surface area contributed by atoms with Crippen LogP contribution in [0.15, 0.2) is 36.9 Å². The van der Waals surface area contributed by atoms with Crippen LogP contribution in [0.5, 0.6) is 0 Å². The third-order valence-corrected chi connectivity index (χ3v) is 3.80. The molecule has 0 spiro atoms. The number of hydrogen-bond acceptors (Lipinski definition) is 2. The van der Waals surface area contributed by atoms with Gasteiger partial charge < -0.3 is 10.6 Å². The lowest BCUT2D eigenvalue weighted by molar-refractivity contribution is -0.135. The van der Waals surface area contributed by atoms with E-state index in [4.69, 9.17) is 5.73 Å². The van der Waals surface area contributed by atoms with Crippen LogP contribution >= 0.6 is 12.4 Å². The fourth-order valence-corrected chi connectivity index (χ4v) is 2.72. The van der Waals surface area contributed by atoms with Gasteiger partial charge in [0.2, 0.25) is 5.91 Å². The number of nitrogens with two attached hydrogens (primary N) is 1. The highest BCUT2D eigenvalue weighted by atomic mass is 35.5. The summed E-state index contributed by atoms with van der Waals surface area (Å²) in [5.41, 5.74) is 6.40. The molecule has 1 aromatic rings. The van der Waals surface area contributed by atoms with E-state index in [1.54, 1.807) is 29.2 Å². The van der Waals surface area contributed by atoms with E-state index in [1.165, 1.54) is 6.07 Å². The molecule has 2 N–H and O–H groups in total. The zero-order chi connectivity index (χ0) is 14.5. The molecule has 0 aromatic heterocycles. The van der Waals surface area contributed by atoms with Crippen molar-refractivity contribution in [1.29, 1.82) is 0 Å². The Balaban J connectivity index is 0.00000220. The second kappa shape index (κ2) is 8.15. The van der Waals surface area contributed by atoms with E-state index in [1.807, 2.05) is 0 Å². The number of rotatable bonds is 5. The molecule has 5 heteroatoms. The number of halogens is 2. The second-order valence-corrected chi connectivity index (χ2v) is 5.37. The molecule has 2 atom stereocenters. The lowest BCUT2D eigenvalue weighted by Gasteiger charge is -2.24. The fraction of sp³-hybridized carbons (Fsp3) is 0.438. The predicted octanol–water partition coefficient (Wildman–Crippen LogP) is 2.89. The average Bonchev–Trinajstić information content (AvgIpc) is 2.86. The van der Waals surface area contributed by atoms with Gasteiger partial charge in [-0.05, 0) is 25.3 Å². The summed E-state index contributed by atoms with van der Waals surface area (Å²) >= 11 is 0. The van der Waals surface area contributed by atoms with Crippen molar-refractivity contribution in [3.63, 3.8) is 0 Å². The molecule has 2 rings (SSSR count). The zero-order valence-electron chi connectivity index (χ0n) is 12.0. The van der Waals surface area contributed by atoms with Crippen LogP contribution in [0.1, 0.15) is 24.8 Å². The van der Waals surface area contributed by atoms with Gasteiger partial charge in [-0.25, -0.2) is 4.39 Å². The van der Waals surface area contributed by atoms with Gasteiger partial charge in [0.15, 0.2) is 0 Å². The third-order valence-electron chi connectivity index (χ3n) is 3.80. The molecule has 3 nitrogen and oxygen atoms in total. The maximum Gasteiger partial charge on any atom is 0.226 e. The standard InChI is InChI=1S/C16H21FN2O.ClH/c1-2-9-19(11-13-5-3-4-6-15(13)17)16(20)12-7-8-14(18)10-12;/h2-6,12,14H,1,7-11,18H2;1H. The minimum absolute atomic E-state index is 0. The van der Waals surface area contributed by atoms with Crippen LogP contribution in [-0.4, -0.2) is 23.4 Å². The fourth-order valence-electron chi connectivity index (χ4n) is 2.72. The molecule has 21 heavy (non-hydrogen) atoms. The summed E-state index contributed by atoms with van der Waals surface area (Å²) < 4.78 is 13.7. The molecule has 1 saturated carbocycles. The van der Waals surface area contributed by atoms with Gasteiger partial charge in [0.05, 0.1) is 0 Å². The first-order valence-corrected chi connectivity index (χ1v) is 7.00. The minimum Gasteiger partial charge on any atom is -0.334 e. The minimum atomic E-state index is -0.280. The average molecular weight is 313 g/mol. The summed E-state index contributed by atoms with van der Waals surface area (Å²) in [5.74, 6) is -0.254. The van der Waals surface area contributed by atoms with Crippen molar-refractivity contribution < 1.29 is 9.18 Å². The van der Waals surface area contributed by atoms with Crippen LogP contribution in [0.2, 0.25) is 0 Å². The molecular weight excluding hydrogens is 291 g/mol. The van der Waals surface area contributed by atoms with E-state index in [-0.39, 0.29) is 42.6 Å². The molecule has 116 valence electrons. The SMILES string of the molecule is C=CCN(Cc1ccccc1F)C(=O)C1CCC(N)C1.Cl. The first-order valence-electron chi connectivity index (χ1n) is 7.00. The number of hydrogen-bond donors (Lipinski definition) is 1. The number of benzene rings is 1. The van der Waals surface area contributed by atoms with E-state index >= 15 is 0 Å². The first kappa shape index (κ1) is 17.7. The van der Waals surface area contributed by atoms with E-state index in [0.29, 0.717) is 12.1 Å². The lowest BCUT2D eigenvalue weighted by atomic mass is 10.1. The Morgan fingerprint density at radius 1 is 1.43 bits per heavy atom. The Hall–Kier alpha value is -1.39. The highest BCUT2D eigenvalue weighted by Crippen LogP contribution is 2.26. The van der Waals surface area contributed by atoms with Crippen molar-refractivity contribution in [1.82, 2.24) is 4.90 Å². The number of carbonyl (C=O) groups excluding carboxylic acids is 1. The molecule has 1 aliphatic rings. The second-order valence-electron chi connectivity index (χ2n) is 5.37. The van der Waals surface area contributed by atoms with E-state index in [2.05, 4.69) is 6.58 Å². The smallest absolute Gasteiger partial charge is 0.226 e. The highest BCUT2D eigenvalue weighted by molar-refractivity contribution is 5.85. The van der Waals surface area contributed by atoms with E-state index in [0.717, 1.165) is 19.3 Å². The van der Waals surface area contributed by atoms with Crippen molar-refractivity contribution in [3.8, 4) is 0 Å². The third kappa shape index (κ3) is 4.55. The maximum absolute atomic E-state index is 13.7.